The molecule has 0 fully saturated rings. The van der Waals surface area contributed by atoms with Gasteiger partial charge in [0.15, 0.2) is 0 Å². The second-order valence-electron chi connectivity index (χ2n) is 6.73. The number of hydrogen-bond acceptors (Lipinski definition) is 4. The Morgan fingerprint density at radius 1 is 1.44 bits per heavy atom. The number of esters is 1. The Balaban J connectivity index is 2.70. The Bertz CT molecular complexity index is 700. The number of benzene rings is 1. The quantitative estimate of drug-likeness (QED) is 0.434. The molecule has 1 aliphatic carbocycles. The molecule has 1 aliphatic rings. The molecule has 0 heterocycles. The first-order chi connectivity index (χ1) is 11.9. The van der Waals surface area contributed by atoms with Gasteiger partial charge in [-0.3, -0.25) is 0 Å². The van der Waals surface area contributed by atoms with Gasteiger partial charge < -0.3 is 14.6 Å². The second kappa shape index (κ2) is 8.24. The van der Waals surface area contributed by atoms with Gasteiger partial charge in [0.25, 0.3) is 0 Å². The smallest absolute Gasteiger partial charge is 0.341 e. The number of phenols is 1. The van der Waals surface area contributed by atoms with Gasteiger partial charge in [-0.15, -0.1) is 0 Å². The zero-order valence-electron chi connectivity index (χ0n) is 15.6. The van der Waals surface area contributed by atoms with Gasteiger partial charge in [0, 0.05) is 11.5 Å². The minimum atomic E-state index is -0.513. The van der Waals surface area contributed by atoms with Crippen LogP contribution < -0.4 is 4.74 Å². The maximum atomic E-state index is 12.3. The van der Waals surface area contributed by atoms with E-state index < -0.39 is 5.97 Å². The normalized spacial score (nSPS) is 17.0. The van der Waals surface area contributed by atoms with Gasteiger partial charge in [0.1, 0.15) is 17.1 Å². The minimum absolute atomic E-state index is 0.0159. The van der Waals surface area contributed by atoms with E-state index >= 15 is 0 Å². The van der Waals surface area contributed by atoms with Crippen LogP contribution in [0.3, 0.4) is 0 Å². The predicted molar refractivity (Wildman–Crippen MR) is 99.2 cm³/mol. The number of carbonyl (C=O) groups excluding carboxylic acids is 1. The van der Waals surface area contributed by atoms with Crippen LogP contribution in [0, 0.1) is 0 Å². The maximum Gasteiger partial charge on any atom is 0.341 e. The van der Waals surface area contributed by atoms with Crippen molar-refractivity contribution in [2.24, 2.45) is 0 Å². The predicted octanol–water partition coefficient (Wildman–Crippen LogP) is 5.26. The summed E-state index contributed by atoms with van der Waals surface area (Å²) >= 11 is 0. The summed E-state index contributed by atoms with van der Waals surface area (Å²) in [6.45, 7) is 9.71. The van der Waals surface area contributed by atoms with Gasteiger partial charge >= 0.3 is 5.97 Å². The average molecular weight is 344 g/mol. The highest BCUT2D eigenvalue weighted by Gasteiger charge is 2.28. The van der Waals surface area contributed by atoms with Crippen molar-refractivity contribution in [1.82, 2.24) is 0 Å². The monoisotopic (exact) mass is 344 g/mol. The first kappa shape index (κ1) is 19.1. The van der Waals surface area contributed by atoms with Gasteiger partial charge in [-0.05, 0) is 51.2 Å². The highest BCUT2D eigenvalue weighted by atomic mass is 16.5. The summed E-state index contributed by atoms with van der Waals surface area (Å²) in [5.41, 5.74) is 2.94. The molecule has 0 unspecified atom stereocenters. The fourth-order valence-electron chi connectivity index (χ4n) is 3.48. The molecule has 0 amide bonds. The summed E-state index contributed by atoms with van der Waals surface area (Å²) in [7, 11) is 1.33. The molecule has 0 spiro atoms. The summed E-state index contributed by atoms with van der Waals surface area (Å²) in [4.78, 5) is 12.3. The van der Waals surface area contributed by atoms with Gasteiger partial charge in [-0.2, -0.15) is 0 Å². The molecule has 2 rings (SSSR count). The third kappa shape index (κ3) is 4.25. The van der Waals surface area contributed by atoms with Crippen molar-refractivity contribution in [3.8, 4) is 11.5 Å². The lowest BCUT2D eigenvalue weighted by Gasteiger charge is -2.25. The molecule has 25 heavy (non-hydrogen) atoms. The fourth-order valence-corrected chi connectivity index (χ4v) is 3.48. The third-order valence-electron chi connectivity index (χ3n) is 4.52. The molecule has 0 saturated heterocycles. The van der Waals surface area contributed by atoms with E-state index in [1.54, 1.807) is 6.92 Å². The van der Waals surface area contributed by atoms with Crippen LogP contribution in [0.5, 0.6) is 11.5 Å². The minimum Gasteiger partial charge on any atom is -0.507 e. The first-order valence-corrected chi connectivity index (χ1v) is 8.86. The number of methoxy groups -OCH3 is 1. The molecule has 0 bridgehead atoms. The number of hydrogen-bond donors (Lipinski definition) is 1. The highest BCUT2D eigenvalue weighted by Crippen LogP contribution is 2.45. The van der Waals surface area contributed by atoms with E-state index in [1.807, 2.05) is 13.0 Å². The van der Waals surface area contributed by atoms with Crippen molar-refractivity contribution in [2.45, 2.75) is 58.8 Å². The van der Waals surface area contributed by atoms with Crippen molar-refractivity contribution in [3.05, 3.63) is 46.7 Å². The van der Waals surface area contributed by atoms with Crippen molar-refractivity contribution >= 4 is 5.97 Å². The Hall–Kier alpha value is -2.23. The number of phenolic OH excluding ortho intramolecular Hbond substituents is 1. The Morgan fingerprint density at radius 2 is 2.16 bits per heavy atom. The van der Waals surface area contributed by atoms with Crippen molar-refractivity contribution in [3.63, 3.8) is 0 Å². The zero-order chi connectivity index (χ0) is 18.6. The van der Waals surface area contributed by atoms with Crippen LogP contribution in [0.4, 0.5) is 0 Å². The van der Waals surface area contributed by atoms with E-state index in [9.17, 15) is 9.90 Å². The molecule has 0 aromatic heterocycles. The van der Waals surface area contributed by atoms with E-state index in [1.165, 1.54) is 12.7 Å². The molecule has 0 radical (unpaired) electrons. The van der Waals surface area contributed by atoms with Crippen LogP contribution in [0.15, 0.2) is 30.1 Å². The van der Waals surface area contributed by atoms with Crippen molar-refractivity contribution in [1.29, 1.82) is 0 Å². The molecular formula is C21H28O4. The van der Waals surface area contributed by atoms with Gasteiger partial charge in [-0.25, -0.2) is 4.79 Å². The molecular weight excluding hydrogens is 316 g/mol. The lowest BCUT2D eigenvalue weighted by Crippen LogP contribution is -2.12. The van der Waals surface area contributed by atoms with Crippen molar-refractivity contribution in [2.75, 3.05) is 7.11 Å². The summed E-state index contributed by atoms with van der Waals surface area (Å²) in [5.74, 6) is 0.607. The maximum absolute atomic E-state index is 12.3. The first-order valence-electron chi connectivity index (χ1n) is 8.86. The highest BCUT2D eigenvalue weighted by molar-refractivity contribution is 5.95. The molecule has 1 aromatic carbocycles. The lowest BCUT2D eigenvalue weighted by molar-refractivity contribution is 0.0596. The summed E-state index contributed by atoms with van der Waals surface area (Å²) in [6, 6.07) is 1.86. The van der Waals surface area contributed by atoms with E-state index in [-0.39, 0.29) is 17.2 Å². The van der Waals surface area contributed by atoms with Crippen LogP contribution in [0.25, 0.3) is 0 Å². The number of carbonyl (C=O) groups is 1. The van der Waals surface area contributed by atoms with Crippen LogP contribution in [-0.4, -0.2) is 18.2 Å². The van der Waals surface area contributed by atoms with Crippen LogP contribution in [-0.2, 0) is 11.2 Å². The largest absolute Gasteiger partial charge is 0.507 e. The molecule has 1 aromatic rings. The standard InChI is InChI=1S/C21H28O4/c1-6-8-15-12-17(25-13(2)3)18(16-10-7-9-14(4)11-16)20(22)19(15)21(23)24-5/h11-12,16,22H,2,6-10H2,1,3-5H3/t16-/m0/s1. The number of aryl methyl sites for hydroxylation is 1. The van der Waals surface area contributed by atoms with Crippen LogP contribution >= 0.6 is 0 Å². The topological polar surface area (TPSA) is 55.8 Å². The third-order valence-corrected chi connectivity index (χ3v) is 4.52. The summed E-state index contributed by atoms with van der Waals surface area (Å²) in [6.07, 6.45) is 6.67. The molecule has 0 saturated carbocycles. The molecule has 1 N–H and O–H groups in total. The van der Waals surface area contributed by atoms with E-state index in [0.717, 1.165) is 31.2 Å². The lowest BCUT2D eigenvalue weighted by atomic mass is 9.83. The zero-order valence-corrected chi connectivity index (χ0v) is 15.6. The molecule has 1 atom stereocenters. The fraction of sp³-hybridized carbons (Fsp3) is 0.476. The summed E-state index contributed by atoms with van der Waals surface area (Å²) in [5, 5.41) is 11.0. The van der Waals surface area contributed by atoms with Crippen LogP contribution in [0.2, 0.25) is 0 Å². The van der Waals surface area contributed by atoms with Gasteiger partial charge in [0.05, 0.1) is 12.9 Å². The van der Waals surface area contributed by atoms with Gasteiger partial charge in [-0.1, -0.05) is 31.6 Å². The van der Waals surface area contributed by atoms with Crippen LogP contribution in [0.1, 0.15) is 73.9 Å². The molecule has 4 heteroatoms. The van der Waals surface area contributed by atoms with E-state index in [2.05, 4.69) is 19.6 Å². The number of aromatic hydroxyl groups is 1. The van der Waals surface area contributed by atoms with Gasteiger partial charge in [0.2, 0.25) is 0 Å². The number of ether oxygens (including phenoxy) is 2. The van der Waals surface area contributed by atoms with E-state index in [4.69, 9.17) is 9.47 Å². The Labute approximate surface area is 150 Å². The number of rotatable bonds is 6. The average Bonchev–Trinajstić information content (AvgIpc) is 2.54. The second-order valence-corrected chi connectivity index (χ2v) is 6.73. The SMILES string of the molecule is C=C(C)Oc1cc(CCC)c(C(=O)OC)c(O)c1[C@@H]1C=C(C)CCC1. The van der Waals surface area contributed by atoms with Crippen molar-refractivity contribution < 1.29 is 19.4 Å². The molecule has 0 aliphatic heterocycles. The Morgan fingerprint density at radius 3 is 2.72 bits per heavy atom. The Kier molecular flexibility index (Phi) is 6.29. The summed E-state index contributed by atoms with van der Waals surface area (Å²) < 4.78 is 10.7. The number of allylic oxidation sites excluding steroid dienone is 3. The van der Waals surface area contributed by atoms with E-state index in [0.29, 0.717) is 23.5 Å². The molecule has 136 valence electrons. The molecule has 4 nitrogen and oxygen atoms in total.